The normalized spacial score (nSPS) is 12.7. The van der Waals surface area contributed by atoms with Crippen molar-refractivity contribution in [2.45, 2.75) is 44.4 Å². The maximum atomic E-state index is 11.2. The minimum absolute atomic E-state index is 0.239. The lowest BCUT2D eigenvalue weighted by Gasteiger charge is -2.17. The molecular weight excluding hydrogens is 248 g/mol. The Labute approximate surface area is 112 Å². The molecule has 100 valence electrons. The smallest absolute Gasteiger partial charge is 0.234 e. The third-order valence-corrected chi connectivity index (χ3v) is 3.18. The van der Waals surface area contributed by atoms with Gasteiger partial charge in [0.2, 0.25) is 5.91 Å². The van der Waals surface area contributed by atoms with E-state index < -0.39 is 0 Å². The third-order valence-electron chi connectivity index (χ3n) is 2.27. The molecule has 0 spiro atoms. The highest BCUT2D eigenvalue weighted by Gasteiger charge is 2.15. The quantitative estimate of drug-likeness (QED) is 0.572. The van der Waals surface area contributed by atoms with E-state index in [1.165, 1.54) is 11.8 Å². The molecule has 1 atom stereocenters. The highest BCUT2D eigenvalue weighted by Crippen LogP contribution is 2.14. The van der Waals surface area contributed by atoms with E-state index in [9.17, 15) is 4.79 Å². The van der Waals surface area contributed by atoms with Crippen molar-refractivity contribution in [1.82, 2.24) is 15.3 Å². The fourth-order valence-electron chi connectivity index (χ4n) is 1.43. The summed E-state index contributed by atoms with van der Waals surface area (Å²) >= 11 is 1.53. The number of primary amides is 1. The molecule has 0 radical (unpaired) electrons. The summed E-state index contributed by atoms with van der Waals surface area (Å²) in [6.45, 7) is 5.93. The number of carbonyl (C=O) groups excluding carboxylic acids is 1. The van der Waals surface area contributed by atoms with Gasteiger partial charge >= 0.3 is 0 Å². The van der Waals surface area contributed by atoms with E-state index in [1.807, 2.05) is 20.8 Å². The van der Waals surface area contributed by atoms with Gasteiger partial charge in [-0.05, 0) is 18.9 Å². The van der Waals surface area contributed by atoms with Crippen LogP contribution in [0.5, 0.6) is 0 Å². The van der Waals surface area contributed by atoms with Gasteiger partial charge in [-0.25, -0.2) is 9.97 Å². The van der Waals surface area contributed by atoms with Crippen molar-refractivity contribution >= 4 is 17.7 Å². The van der Waals surface area contributed by atoms with Crippen LogP contribution in [0.2, 0.25) is 0 Å². The van der Waals surface area contributed by atoms with Crippen molar-refractivity contribution in [3.8, 4) is 0 Å². The molecule has 0 aliphatic heterocycles. The number of nitrogens with zero attached hydrogens (tertiary/aromatic N) is 2. The van der Waals surface area contributed by atoms with E-state index in [-0.39, 0.29) is 18.0 Å². The summed E-state index contributed by atoms with van der Waals surface area (Å²) in [5.41, 5.74) is 6.38. The van der Waals surface area contributed by atoms with E-state index in [1.54, 1.807) is 12.4 Å². The van der Waals surface area contributed by atoms with E-state index in [4.69, 9.17) is 5.73 Å². The van der Waals surface area contributed by atoms with Crippen molar-refractivity contribution in [2.24, 2.45) is 5.73 Å². The fourth-order valence-corrected chi connectivity index (χ4v) is 2.22. The second-order valence-corrected chi connectivity index (χ2v) is 5.52. The van der Waals surface area contributed by atoms with Crippen molar-refractivity contribution in [3.05, 3.63) is 18.0 Å². The van der Waals surface area contributed by atoms with Crippen LogP contribution in [-0.2, 0) is 4.79 Å². The molecule has 6 heteroatoms. The summed E-state index contributed by atoms with van der Waals surface area (Å²) in [6.07, 6.45) is 4.25. The van der Waals surface area contributed by atoms with E-state index in [2.05, 4.69) is 15.3 Å². The Kier molecular flexibility index (Phi) is 6.07. The number of aromatic nitrogens is 2. The number of hydrogen-bond acceptors (Lipinski definition) is 5. The molecule has 0 aliphatic carbocycles. The van der Waals surface area contributed by atoms with Crippen LogP contribution in [0.4, 0.5) is 0 Å². The summed E-state index contributed by atoms with van der Waals surface area (Å²) in [6, 6.07) is -0.0499. The molecule has 1 rings (SSSR count). The number of nitrogens with one attached hydrogen (secondary N) is 1. The molecule has 3 N–H and O–H groups in total. The Bertz CT molecular complexity index is 380. The van der Waals surface area contributed by atoms with Crippen LogP contribution < -0.4 is 11.1 Å². The van der Waals surface area contributed by atoms with Crippen LogP contribution in [0.15, 0.2) is 17.6 Å². The molecule has 5 nitrogen and oxygen atoms in total. The lowest BCUT2D eigenvalue weighted by atomic mass is 10.2. The maximum Gasteiger partial charge on any atom is 0.234 e. The molecule has 1 amide bonds. The number of amides is 1. The Morgan fingerprint density at radius 1 is 1.44 bits per heavy atom. The van der Waals surface area contributed by atoms with Crippen LogP contribution in [-0.4, -0.2) is 33.7 Å². The van der Waals surface area contributed by atoms with E-state index in [0.717, 1.165) is 16.5 Å². The number of rotatable bonds is 7. The van der Waals surface area contributed by atoms with Gasteiger partial charge in [-0.15, -0.1) is 0 Å². The second-order valence-electron chi connectivity index (χ2n) is 4.46. The first kappa shape index (κ1) is 14.9. The molecule has 18 heavy (non-hydrogen) atoms. The zero-order valence-electron chi connectivity index (χ0n) is 11.0. The topological polar surface area (TPSA) is 80.9 Å². The van der Waals surface area contributed by atoms with Crippen LogP contribution in [0.1, 0.15) is 25.8 Å². The Hall–Kier alpha value is -1.14. The van der Waals surface area contributed by atoms with Crippen molar-refractivity contribution in [3.63, 3.8) is 0 Å². The van der Waals surface area contributed by atoms with Gasteiger partial charge in [-0.1, -0.05) is 25.6 Å². The summed E-state index contributed by atoms with van der Waals surface area (Å²) in [4.78, 5) is 19.6. The Morgan fingerprint density at radius 2 is 2.06 bits per heavy atom. The molecule has 0 saturated heterocycles. The average Bonchev–Trinajstić information content (AvgIpc) is 2.29. The largest absolute Gasteiger partial charge is 0.368 e. The van der Waals surface area contributed by atoms with Gasteiger partial charge in [-0.3, -0.25) is 4.79 Å². The monoisotopic (exact) mass is 268 g/mol. The molecule has 0 aromatic carbocycles. The molecular formula is C12H20N4OS. The van der Waals surface area contributed by atoms with Crippen LogP contribution in [0.3, 0.4) is 0 Å². The zero-order chi connectivity index (χ0) is 13.5. The summed E-state index contributed by atoms with van der Waals surface area (Å²) in [7, 11) is 0. The van der Waals surface area contributed by atoms with Gasteiger partial charge in [0.15, 0.2) is 5.16 Å². The third kappa shape index (κ3) is 5.46. The lowest BCUT2D eigenvalue weighted by molar-refractivity contribution is -0.120. The molecule has 1 unspecified atom stereocenters. The van der Waals surface area contributed by atoms with Crippen LogP contribution in [0.25, 0.3) is 0 Å². The molecule has 1 aromatic heterocycles. The van der Waals surface area contributed by atoms with Gasteiger partial charge in [0.25, 0.3) is 0 Å². The number of hydrogen-bond donors (Lipinski definition) is 2. The zero-order valence-corrected chi connectivity index (χ0v) is 11.8. The SMILES string of the molecule is Cc1cnc(SCCC(NC(C)C)C(N)=O)nc1. The highest BCUT2D eigenvalue weighted by molar-refractivity contribution is 7.99. The van der Waals surface area contributed by atoms with Gasteiger partial charge in [0, 0.05) is 24.2 Å². The van der Waals surface area contributed by atoms with Gasteiger partial charge in [-0.2, -0.15) is 0 Å². The van der Waals surface area contributed by atoms with E-state index in [0.29, 0.717) is 6.42 Å². The van der Waals surface area contributed by atoms with Gasteiger partial charge in [0.05, 0.1) is 6.04 Å². The van der Waals surface area contributed by atoms with E-state index >= 15 is 0 Å². The predicted molar refractivity (Wildman–Crippen MR) is 73.4 cm³/mol. The minimum Gasteiger partial charge on any atom is -0.368 e. The first-order chi connectivity index (χ1) is 8.49. The van der Waals surface area contributed by atoms with Gasteiger partial charge < -0.3 is 11.1 Å². The fraction of sp³-hybridized carbons (Fsp3) is 0.583. The predicted octanol–water partition coefficient (Wildman–Crippen LogP) is 1.12. The molecule has 0 aliphatic rings. The number of aryl methyl sites for hydroxylation is 1. The Balaban J connectivity index is 2.38. The molecule has 0 fully saturated rings. The Morgan fingerprint density at radius 3 is 2.56 bits per heavy atom. The molecule has 0 saturated carbocycles. The molecule has 0 bridgehead atoms. The van der Waals surface area contributed by atoms with Crippen LogP contribution in [0, 0.1) is 6.92 Å². The van der Waals surface area contributed by atoms with Gasteiger partial charge in [0.1, 0.15) is 0 Å². The summed E-state index contributed by atoms with van der Waals surface area (Å²) in [5.74, 6) is 0.449. The lowest BCUT2D eigenvalue weighted by Crippen LogP contribution is -2.44. The number of thioether (sulfide) groups is 1. The van der Waals surface area contributed by atoms with Crippen molar-refractivity contribution in [2.75, 3.05) is 5.75 Å². The summed E-state index contributed by atoms with van der Waals surface area (Å²) < 4.78 is 0. The summed E-state index contributed by atoms with van der Waals surface area (Å²) in [5, 5.41) is 3.88. The van der Waals surface area contributed by atoms with Crippen molar-refractivity contribution in [1.29, 1.82) is 0 Å². The maximum absolute atomic E-state index is 11.2. The average molecular weight is 268 g/mol. The molecule has 1 heterocycles. The van der Waals surface area contributed by atoms with Crippen molar-refractivity contribution < 1.29 is 4.79 Å². The highest BCUT2D eigenvalue weighted by atomic mass is 32.2. The van der Waals surface area contributed by atoms with Crippen LogP contribution >= 0.6 is 11.8 Å². The first-order valence-corrected chi connectivity index (χ1v) is 6.94. The number of carbonyl (C=O) groups is 1. The minimum atomic E-state index is -0.311. The number of nitrogens with two attached hydrogens (primary N) is 1. The molecule has 1 aromatic rings. The first-order valence-electron chi connectivity index (χ1n) is 5.96. The standard InChI is InChI=1S/C12H20N4OS/c1-8(2)16-10(11(13)17)4-5-18-12-14-6-9(3)7-15-12/h6-8,10,16H,4-5H2,1-3H3,(H2,13,17). The second kappa shape index (κ2) is 7.33.